The number of carbonyl (C=O) groups excluding carboxylic acids is 3. The van der Waals surface area contributed by atoms with E-state index in [-0.39, 0.29) is 24.1 Å². The lowest BCUT2D eigenvalue weighted by atomic mass is 10.1. The van der Waals surface area contributed by atoms with E-state index in [0.29, 0.717) is 35.8 Å². The Labute approximate surface area is 175 Å². The number of nitrogens with zero attached hydrogens (tertiary/aromatic N) is 1. The van der Waals surface area contributed by atoms with Crippen LogP contribution >= 0.6 is 0 Å². The molecule has 1 atom stereocenters. The van der Waals surface area contributed by atoms with Gasteiger partial charge in [0, 0.05) is 30.4 Å². The lowest BCUT2D eigenvalue weighted by Crippen LogP contribution is -2.58. The number of methoxy groups -OCH3 is 2. The molecular weight excluding hydrogens is 386 g/mol. The number of hydrogen-bond acceptors (Lipinski definition) is 5. The predicted molar refractivity (Wildman–Crippen MR) is 112 cm³/mol. The van der Waals surface area contributed by atoms with Crippen molar-refractivity contribution in [3.63, 3.8) is 0 Å². The number of rotatable bonds is 6. The van der Waals surface area contributed by atoms with Crippen LogP contribution in [0.4, 0.5) is 5.69 Å². The molecule has 1 heterocycles. The average molecular weight is 411 g/mol. The minimum Gasteiger partial charge on any atom is -0.497 e. The average Bonchev–Trinajstić information content (AvgIpc) is 2.75. The summed E-state index contributed by atoms with van der Waals surface area (Å²) in [6, 6.07) is 11.3. The molecule has 1 aliphatic rings. The Morgan fingerprint density at radius 2 is 1.73 bits per heavy atom. The summed E-state index contributed by atoms with van der Waals surface area (Å²) in [4.78, 5) is 39.6. The molecule has 158 valence electrons. The fraction of sp³-hybridized carbons (Fsp3) is 0.318. The number of aryl methyl sites for hydroxylation is 1. The molecule has 2 N–H and O–H groups in total. The van der Waals surface area contributed by atoms with Crippen molar-refractivity contribution in [3.05, 3.63) is 53.6 Å². The van der Waals surface area contributed by atoms with Crippen LogP contribution in [-0.4, -0.2) is 56.0 Å². The van der Waals surface area contributed by atoms with Gasteiger partial charge in [-0.1, -0.05) is 17.7 Å². The molecule has 0 spiro atoms. The van der Waals surface area contributed by atoms with E-state index in [1.165, 1.54) is 19.1 Å². The Morgan fingerprint density at radius 3 is 2.33 bits per heavy atom. The van der Waals surface area contributed by atoms with Gasteiger partial charge in [0.1, 0.15) is 17.5 Å². The number of carbonyl (C=O) groups is 3. The van der Waals surface area contributed by atoms with E-state index in [4.69, 9.17) is 9.47 Å². The molecule has 1 fully saturated rings. The molecule has 0 radical (unpaired) electrons. The van der Waals surface area contributed by atoms with Gasteiger partial charge in [0.05, 0.1) is 20.6 Å². The van der Waals surface area contributed by atoms with Crippen molar-refractivity contribution >= 4 is 23.4 Å². The van der Waals surface area contributed by atoms with E-state index < -0.39 is 6.04 Å². The second kappa shape index (κ2) is 9.30. The maximum atomic E-state index is 13.2. The quantitative estimate of drug-likeness (QED) is 0.758. The second-order valence-electron chi connectivity index (χ2n) is 7.03. The van der Waals surface area contributed by atoms with Crippen LogP contribution < -0.4 is 20.1 Å². The molecule has 0 saturated carbocycles. The van der Waals surface area contributed by atoms with Crippen LogP contribution in [0.1, 0.15) is 22.3 Å². The van der Waals surface area contributed by atoms with Gasteiger partial charge in [0.25, 0.3) is 5.91 Å². The standard InChI is InChI=1S/C22H25N3O5/c1-14-4-6-16(7-5-14)24-20(26)13-19-21(27)23-8-9-25(19)22(28)15-10-17(29-2)12-18(11-15)30-3/h4-7,10-12,19H,8-9,13H2,1-3H3,(H,23,27)(H,24,26)/t19-/m1/s1. The van der Waals surface area contributed by atoms with Crippen molar-refractivity contribution in [1.82, 2.24) is 10.2 Å². The monoisotopic (exact) mass is 411 g/mol. The summed E-state index contributed by atoms with van der Waals surface area (Å²) in [7, 11) is 2.99. The second-order valence-corrected chi connectivity index (χ2v) is 7.03. The van der Waals surface area contributed by atoms with E-state index in [1.807, 2.05) is 19.1 Å². The predicted octanol–water partition coefficient (Wildman–Crippen LogP) is 1.98. The van der Waals surface area contributed by atoms with Crippen molar-refractivity contribution in [2.75, 3.05) is 32.6 Å². The first-order valence-electron chi connectivity index (χ1n) is 9.59. The summed E-state index contributed by atoms with van der Waals surface area (Å²) in [6.07, 6.45) is -0.146. The summed E-state index contributed by atoms with van der Waals surface area (Å²) >= 11 is 0. The van der Waals surface area contributed by atoms with Gasteiger partial charge < -0.3 is 25.0 Å². The van der Waals surface area contributed by atoms with Crippen LogP contribution in [0, 0.1) is 6.92 Å². The summed E-state index contributed by atoms with van der Waals surface area (Å²) in [6.45, 7) is 2.57. The zero-order valence-corrected chi connectivity index (χ0v) is 17.2. The SMILES string of the molecule is COc1cc(OC)cc(C(=O)N2CCNC(=O)[C@H]2CC(=O)Nc2ccc(C)cc2)c1. The minimum absolute atomic E-state index is 0.146. The molecule has 2 aromatic carbocycles. The fourth-order valence-electron chi connectivity index (χ4n) is 3.28. The van der Waals surface area contributed by atoms with E-state index in [2.05, 4.69) is 10.6 Å². The summed E-state index contributed by atoms with van der Waals surface area (Å²) in [5, 5.41) is 5.50. The van der Waals surface area contributed by atoms with E-state index in [9.17, 15) is 14.4 Å². The molecule has 0 unspecified atom stereocenters. The number of anilines is 1. The Hall–Kier alpha value is -3.55. The topological polar surface area (TPSA) is 97.0 Å². The first kappa shape index (κ1) is 21.2. The van der Waals surface area contributed by atoms with Crippen LogP contribution in [0.2, 0.25) is 0 Å². The maximum absolute atomic E-state index is 13.2. The minimum atomic E-state index is -0.908. The van der Waals surface area contributed by atoms with Crippen LogP contribution in [0.3, 0.4) is 0 Å². The molecular formula is C22H25N3O5. The molecule has 0 bridgehead atoms. The van der Waals surface area contributed by atoms with Gasteiger partial charge in [-0.15, -0.1) is 0 Å². The molecule has 30 heavy (non-hydrogen) atoms. The van der Waals surface area contributed by atoms with Gasteiger partial charge in [0.2, 0.25) is 11.8 Å². The molecule has 1 saturated heterocycles. The van der Waals surface area contributed by atoms with Crippen LogP contribution in [0.15, 0.2) is 42.5 Å². The van der Waals surface area contributed by atoms with Gasteiger partial charge in [-0.3, -0.25) is 14.4 Å². The van der Waals surface area contributed by atoms with Crippen molar-refractivity contribution in [3.8, 4) is 11.5 Å². The van der Waals surface area contributed by atoms with Crippen LogP contribution in [-0.2, 0) is 9.59 Å². The normalized spacial score (nSPS) is 15.9. The lowest BCUT2D eigenvalue weighted by molar-refractivity contribution is -0.131. The summed E-state index contributed by atoms with van der Waals surface area (Å²) in [5.74, 6) is -0.138. The smallest absolute Gasteiger partial charge is 0.254 e. The van der Waals surface area contributed by atoms with Gasteiger partial charge in [-0.2, -0.15) is 0 Å². The molecule has 0 aromatic heterocycles. The van der Waals surface area contributed by atoms with E-state index in [1.54, 1.807) is 30.3 Å². The zero-order valence-electron chi connectivity index (χ0n) is 17.2. The number of hydrogen-bond donors (Lipinski definition) is 2. The Kier molecular flexibility index (Phi) is 6.56. The van der Waals surface area contributed by atoms with Crippen molar-refractivity contribution in [1.29, 1.82) is 0 Å². The largest absolute Gasteiger partial charge is 0.497 e. The highest BCUT2D eigenvalue weighted by atomic mass is 16.5. The summed E-state index contributed by atoms with van der Waals surface area (Å²) < 4.78 is 10.5. The molecule has 8 nitrogen and oxygen atoms in total. The third kappa shape index (κ3) is 4.89. The Morgan fingerprint density at radius 1 is 1.10 bits per heavy atom. The van der Waals surface area contributed by atoms with Gasteiger partial charge in [0.15, 0.2) is 0 Å². The van der Waals surface area contributed by atoms with Crippen molar-refractivity contribution in [2.24, 2.45) is 0 Å². The highest BCUT2D eigenvalue weighted by Crippen LogP contribution is 2.25. The number of amides is 3. The van der Waals surface area contributed by atoms with Crippen LogP contribution in [0.25, 0.3) is 0 Å². The van der Waals surface area contributed by atoms with Gasteiger partial charge >= 0.3 is 0 Å². The molecule has 1 aliphatic heterocycles. The third-order valence-electron chi connectivity index (χ3n) is 4.90. The number of nitrogens with one attached hydrogen (secondary N) is 2. The fourth-order valence-corrected chi connectivity index (χ4v) is 3.28. The van der Waals surface area contributed by atoms with Crippen LogP contribution in [0.5, 0.6) is 11.5 Å². The van der Waals surface area contributed by atoms with Gasteiger partial charge in [-0.25, -0.2) is 0 Å². The third-order valence-corrected chi connectivity index (χ3v) is 4.90. The lowest BCUT2D eigenvalue weighted by Gasteiger charge is -2.35. The molecule has 8 heteroatoms. The Bertz CT molecular complexity index is 920. The van der Waals surface area contributed by atoms with Gasteiger partial charge in [-0.05, 0) is 31.2 Å². The molecule has 0 aliphatic carbocycles. The first-order valence-corrected chi connectivity index (χ1v) is 9.59. The molecule has 3 amide bonds. The number of piperazine rings is 1. The van der Waals surface area contributed by atoms with Crippen molar-refractivity contribution < 1.29 is 23.9 Å². The summed E-state index contributed by atoms with van der Waals surface area (Å²) in [5.41, 5.74) is 2.03. The molecule has 2 aromatic rings. The highest BCUT2D eigenvalue weighted by Gasteiger charge is 2.35. The molecule has 3 rings (SSSR count). The zero-order chi connectivity index (χ0) is 21.7. The first-order chi connectivity index (χ1) is 14.4. The number of benzene rings is 2. The maximum Gasteiger partial charge on any atom is 0.254 e. The van der Waals surface area contributed by atoms with Crippen molar-refractivity contribution in [2.45, 2.75) is 19.4 Å². The number of ether oxygens (including phenoxy) is 2. The van der Waals surface area contributed by atoms with E-state index >= 15 is 0 Å². The Balaban J connectivity index is 1.78. The van der Waals surface area contributed by atoms with E-state index in [0.717, 1.165) is 5.56 Å². The highest BCUT2D eigenvalue weighted by molar-refractivity contribution is 6.01.